The van der Waals surface area contributed by atoms with Gasteiger partial charge in [0.1, 0.15) is 10.8 Å². The van der Waals surface area contributed by atoms with Crippen molar-refractivity contribution >= 4 is 11.3 Å². The lowest BCUT2D eigenvalue weighted by atomic mass is 10.2. The molecule has 2 rings (SSSR count). The van der Waals surface area contributed by atoms with Crippen molar-refractivity contribution in [1.82, 2.24) is 10.3 Å². The number of aromatic hydroxyl groups is 1. The highest BCUT2D eigenvalue weighted by Gasteiger charge is 2.12. The molecule has 0 saturated heterocycles. The summed E-state index contributed by atoms with van der Waals surface area (Å²) in [5, 5.41) is 13.6. The number of hydrogen-bond donors (Lipinski definition) is 2. The fraction of sp³-hybridized carbons (Fsp3) is 0.357. The van der Waals surface area contributed by atoms with Crippen LogP contribution in [0.15, 0.2) is 24.3 Å². The molecule has 1 aromatic heterocycles. The number of benzene rings is 1. The average molecular weight is 278 g/mol. The Hall–Kier alpha value is -1.43. The minimum absolute atomic E-state index is 0.269. The molecule has 1 aromatic carbocycles. The summed E-state index contributed by atoms with van der Waals surface area (Å²) >= 11 is 1.66. The van der Waals surface area contributed by atoms with Crippen LogP contribution < -0.4 is 5.32 Å². The summed E-state index contributed by atoms with van der Waals surface area (Å²) in [6, 6.07) is 7.11. The Labute approximate surface area is 117 Å². The summed E-state index contributed by atoms with van der Waals surface area (Å²) in [7, 11) is 1.68. The molecule has 0 saturated carbocycles. The summed E-state index contributed by atoms with van der Waals surface area (Å²) in [6.45, 7) is 4.34. The second-order valence-electron chi connectivity index (χ2n) is 4.15. The van der Waals surface area contributed by atoms with Crippen molar-refractivity contribution < 1.29 is 9.84 Å². The number of rotatable bonds is 6. The molecule has 0 atom stereocenters. The number of methoxy groups -OCH3 is 1. The maximum atomic E-state index is 9.32. The Morgan fingerprint density at radius 2 is 2.05 bits per heavy atom. The van der Waals surface area contributed by atoms with E-state index < -0.39 is 0 Å². The molecule has 0 aliphatic heterocycles. The number of aromatic nitrogens is 1. The molecule has 0 aliphatic rings. The molecule has 0 amide bonds. The van der Waals surface area contributed by atoms with Crippen molar-refractivity contribution in [2.45, 2.75) is 20.1 Å². The van der Waals surface area contributed by atoms with Gasteiger partial charge in [-0.3, -0.25) is 0 Å². The van der Waals surface area contributed by atoms with Crippen LogP contribution in [0.1, 0.15) is 17.5 Å². The summed E-state index contributed by atoms with van der Waals surface area (Å²) in [6.07, 6.45) is 0. The normalized spacial score (nSPS) is 10.8. The third-order valence-electron chi connectivity index (χ3n) is 2.71. The van der Waals surface area contributed by atoms with Crippen molar-refractivity contribution in [2.75, 3.05) is 13.7 Å². The molecule has 2 aromatic rings. The van der Waals surface area contributed by atoms with E-state index in [9.17, 15) is 5.11 Å². The summed E-state index contributed by atoms with van der Waals surface area (Å²) in [4.78, 5) is 5.83. The van der Waals surface area contributed by atoms with E-state index in [1.54, 1.807) is 30.6 Å². The highest BCUT2D eigenvalue weighted by Crippen LogP contribution is 2.29. The van der Waals surface area contributed by atoms with E-state index in [1.165, 1.54) is 4.88 Å². The molecular weight excluding hydrogens is 260 g/mol. The van der Waals surface area contributed by atoms with Crippen LogP contribution in [0.2, 0.25) is 0 Å². The molecule has 102 valence electrons. The Morgan fingerprint density at radius 3 is 2.68 bits per heavy atom. The zero-order chi connectivity index (χ0) is 13.7. The van der Waals surface area contributed by atoms with Gasteiger partial charge in [0.2, 0.25) is 0 Å². The third kappa shape index (κ3) is 3.53. The van der Waals surface area contributed by atoms with Gasteiger partial charge in [-0.2, -0.15) is 0 Å². The van der Waals surface area contributed by atoms with Gasteiger partial charge < -0.3 is 15.2 Å². The quantitative estimate of drug-likeness (QED) is 0.853. The number of phenolic OH excluding ortho intramolecular Hbond substituents is 1. The van der Waals surface area contributed by atoms with Crippen molar-refractivity contribution in [2.24, 2.45) is 0 Å². The van der Waals surface area contributed by atoms with Gasteiger partial charge >= 0.3 is 0 Å². The van der Waals surface area contributed by atoms with Crippen molar-refractivity contribution in [1.29, 1.82) is 0 Å². The van der Waals surface area contributed by atoms with Gasteiger partial charge in [0.15, 0.2) is 0 Å². The van der Waals surface area contributed by atoms with Crippen LogP contribution in [0.25, 0.3) is 10.6 Å². The molecule has 19 heavy (non-hydrogen) atoms. The molecule has 5 heteroatoms. The SMILES string of the molecule is CCNCc1sc(-c2ccc(O)cc2)nc1COC. The predicted octanol–water partition coefficient (Wildman–Crippen LogP) is 2.77. The van der Waals surface area contributed by atoms with E-state index in [0.717, 1.165) is 29.4 Å². The first-order valence-corrected chi connectivity index (χ1v) is 7.04. The molecule has 4 nitrogen and oxygen atoms in total. The smallest absolute Gasteiger partial charge is 0.124 e. The minimum Gasteiger partial charge on any atom is -0.508 e. The maximum absolute atomic E-state index is 9.32. The van der Waals surface area contributed by atoms with Crippen LogP contribution in [-0.4, -0.2) is 23.7 Å². The van der Waals surface area contributed by atoms with Crippen LogP contribution in [0.3, 0.4) is 0 Å². The van der Waals surface area contributed by atoms with Crippen molar-refractivity contribution in [3.8, 4) is 16.3 Å². The van der Waals surface area contributed by atoms with Gasteiger partial charge in [-0.05, 0) is 30.8 Å². The number of ether oxygens (including phenoxy) is 1. The zero-order valence-corrected chi connectivity index (χ0v) is 12.0. The third-order valence-corrected chi connectivity index (χ3v) is 3.86. The van der Waals surface area contributed by atoms with E-state index in [2.05, 4.69) is 17.2 Å². The Balaban J connectivity index is 2.27. The van der Waals surface area contributed by atoms with Crippen LogP contribution in [0.5, 0.6) is 5.75 Å². The first-order chi connectivity index (χ1) is 9.24. The Kier molecular flexibility index (Phi) is 4.90. The van der Waals surface area contributed by atoms with Crippen LogP contribution in [0, 0.1) is 0 Å². The average Bonchev–Trinajstić information content (AvgIpc) is 2.81. The number of nitrogens with zero attached hydrogens (tertiary/aromatic N) is 1. The lowest BCUT2D eigenvalue weighted by Crippen LogP contribution is -2.12. The highest BCUT2D eigenvalue weighted by atomic mass is 32.1. The minimum atomic E-state index is 0.269. The molecular formula is C14H18N2O2S. The fourth-order valence-electron chi connectivity index (χ4n) is 1.74. The fourth-order valence-corrected chi connectivity index (χ4v) is 2.78. The van der Waals surface area contributed by atoms with Crippen LogP contribution in [0.4, 0.5) is 0 Å². The molecule has 0 unspecified atom stereocenters. The summed E-state index contributed by atoms with van der Waals surface area (Å²) in [5.41, 5.74) is 2.00. The largest absolute Gasteiger partial charge is 0.508 e. The lowest BCUT2D eigenvalue weighted by Gasteiger charge is -2.00. The van der Waals surface area contributed by atoms with Gasteiger partial charge in [0.25, 0.3) is 0 Å². The molecule has 0 fully saturated rings. The topological polar surface area (TPSA) is 54.4 Å². The van der Waals surface area contributed by atoms with Crippen LogP contribution in [-0.2, 0) is 17.9 Å². The zero-order valence-electron chi connectivity index (χ0n) is 11.1. The first kappa shape index (κ1) is 14.0. The Morgan fingerprint density at radius 1 is 1.32 bits per heavy atom. The van der Waals surface area contributed by atoms with Gasteiger partial charge in [0.05, 0.1) is 12.3 Å². The van der Waals surface area contributed by atoms with E-state index in [0.29, 0.717) is 6.61 Å². The maximum Gasteiger partial charge on any atom is 0.124 e. The molecule has 0 bridgehead atoms. The Bertz CT molecular complexity index is 523. The van der Waals surface area contributed by atoms with Gasteiger partial charge in [-0.15, -0.1) is 11.3 Å². The molecule has 0 radical (unpaired) electrons. The number of nitrogens with one attached hydrogen (secondary N) is 1. The first-order valence-electron chi connectivity index (χ1n) is 6.22. The van der Waals surface area contributed by atoms with E-state index in [1.807, 2.05) is 12.1 Å². The van der Waals surface area contributed by atoms with E-state index >= 15 is 0 Å². The second kappa shape index (κ2) is 6.65. The van der Waals surface area contributed by atoms with Gasteiger partial charge in [0, 0.05) is 24.1 Å². The molecule has 0 spiro atoms. The van der Waals surface area contributed by atoms with E-state index in [4.69, 9.17) is 4.74 Å². The van der Waals surface area contributed by atoms with Gasteiger partial charge in [-0.1, -0.05) is 6.92 Å². The monoisotopic (exact) mass is 278 g/mol. The second-order valence-corrected chi connectivity index (χ2v) is 5.23. The van der Waals surface area contributed by atoms with Crippen molar-refractivity contribution in [3.05, 3.63) is 34.8 Å². The molecule has 1 heterocycles. The summed E-state index contributed by atoms with van der Waals surface area (Å²) in [5.74, 6) is 0.269. The number of phenols is 1. The lowest BCUT2D eigenvalue weighted by molar-refractivity contribution is 0.181. The number of thiazole rings is 1. The van der Waals surface area contributed by atoms with Gasteiger partial charge in [-0.25, -0.2) is 4.98 Å². The summed E-state index contributed by atoms with van der Waals surface area (Å²) < 4.78 is 5.19. The molecule has 2 N–H and O–H groups in total. The van der Waals surface area contributed by atoms with E-state index in [-0.39, 0.29) is 5.75 Å². The van der Waals surface area contributed by atoms with Crippen LogP contribution >= 0.6 is 11.3 Å². The number of hydrogen-bond acceptors (Lipinski definition) is 5. The standard InChI is InChI=1S/C14H18N2O2S/c1-3-15-8-13-12(9-18-2)16-14(19-13)10-4-6-11(17)7-5-10/h4-7,15,17H,3,8-9H2,1-2H3. The predicted molar refractivity (Wildman–Crippen MR) is 77.3 cm³/mol. The highest BCUT2D eigenvalue weighted by molar-refractivity contribution is 7.15. The molecule has 0 aliphatic carbocycles. The van der Waals surface area contributed by atoms with Crippen molar-refractivity contribution in [3.63, 3.8) is 0 Å².